The molecule has 1 amide bonds. The number of benzene rings is 1. The van der Waals surface area contributed by atoms with Crippen LogP contribution in [0.4, 0.5) is 0 Å². The highest BCUT2D eigenvalue weighted by Crippen LogP contribution is 2.30. The van der Waals surface area contributed by atoms with E-state index in [1.807, 2.05) is 6.92 Å². The van der Waals surface area contributed by atoms with E-state index in [2.05, 4.69) is 0 Å². The minimum atomic E-state index is -3.72. The molecule has 8 heteroatoms. The third-order valence-corrected chi connectivity index (χ3v) is 7.58. The Labute approximate surface area is 174 Å². The first-order chi connectivity index (χ1) is 14.0. The first-order valence-electron chi connectivity index (χ1n) is 10.6. The van der Waals surface area contributed by atoms with Crippen LogP contribution in [0.15, 0.2) is 23.1 Å². The van der Waals surface area contributed by atoms with Crippen molar-refractivity contribution in [2.45, 2.75) is 56.4 Å². The van der Waals surface area contributed by atoms with Crippen molar-refractivity contribution < 1.29 is 22.7 Å². The van der Waals surface area contributed by atoms with Gasteiger partial charge in [0, 0.05) is 38.3 Å². The van der Waals surface area contributed by atoms with Crippen LogP contribution in [0.25, 0.3) is 0 Å². The van der Waals surface area contributed by atoms with Gasteiger partial charge in [0.2, 0.25) is 10.0 Å². The van der Waals surface area contributed by atoms with Crippen molar-refractivity contribution >= 4 is 15.9 Å². The largest absolute Gasteiger partial charge is 0.495 e. The topological polar surface area (TPSA) is 76.1 Å². The molecule has 29 heavy (non-hydrogen) atoms. The Kier molecular flexibility index (Phi) is 7.54. The summed E-state index contributed by atoms with van der Waals surface area (Å²) >= 11 is 0. The summed E-state index contributed by atoms with van der Waals surface area (Å²) in [5.74, 6) is 0.112. The number of nitrogens with zero attached hydrogens (tertiary/aromatic N) is 2. The first-order valence-corrected chi connectivity index (χ1v) is 12.0. The standard InChI is InChI=1S/C21H32N2O5S/c1-3-28-18-9-8-12-22(16-18)21(24)17-10-11-19(27-2)20(15-17)29(25,26)23-13-6-4-5-7-14-23/h10-11,15,18H,3-9,12-14,16H2,1-2H3. The summed E-state index contributed by atoms with van der Waals surface area (Å²) < 4.78 is 39.2. The molecule has 1 unspecified atom stereocenters. The molecule has 0 aliphatic carbocycles. The van der Waals surface area contributed by atoms with Crippen molar-refractivity contribution in [2.75, 3.05) is 39.9 Å². The number of methoxy groups -OCH3 is 1. The summed E-state index contributed by atoms with van der Waals surface area (Å²) in [6.45, 7) is 4.77. The molecule has 0 radical (unpaired) electrons. The van der Waals surface area contributed by atoms with Gasteiger partial charge in [-0.15, -0.1) is 0 Å². The number of sulfonamides is 1. The fourth-order valence-corrected chi connectivity index (χ4v) is 5.81. The third kappa shape index (κ3) is 5.10. The van der Waals surface area contributed by atoms with Gasteiger partial charge in [-0.25, -0.2) is 8.42 Å². The SMILES string of the molecule is CCOC1CCCN(C(=O)c2ccc(OC)c(S(=O)(=O)N3CCCCCC3)c2)C1. The van der Waals surface area contributed by atoms with Gasteiger partial charge in [-0.1, -0.05) is 12.8 Å². The van der Waals surface area contributed by atoms with Crippen molar-refractivity contribution in [1.29, 1.82) is 0 Å². The van der Waals surface area contributed by atoms with E-state index in [9.17, 15) is 13.2 Å². The quantitative estimate of drug-likeness (QED) is 0.702. The van der Waals surface area contributed by atoms with Crippen LogP contribution in [-0.4, -0.2) is 69.5 Å². The summed E-state index contributed by atoms with van der Waals surface area (Å²) in [4.78, 5) is 14.9. The maximum absolute atomic E-state index is 13.3. The van der Waals surface area contributed by atoms with Crippen molar-refractivity contribution in [3.63, 3.8) is 0 Å². The molecule has 2 aliphatic heterocycles. The number of ether oxygens (including phenoxy) is 2. The number of piperidine rings is 1. The summed E-state index contributed by atoms with van der Waals surface area (Å²) in [5.41, 5.74) is 0.372. The van der Waals surface area contributed by atoms with Crippen molar-refractivity contribution in [3.05, 3.63) is 23.8 Å². The molecule has 2 fully saturated rings. The Bertz CT molecular complexity index is 801. The highest BCUT2D eigenvalue weighted by molar-refractivity contribution is 7.89. The number of carbonyl (C=O) groups is 1. The minimum Gasteiger partial charge on any atom is -0.495 e. The van der Waals surface area contributed by atoms with E-state index in [1.54, 1.807) is 17.0 Å². The molecule has 0 N–H and O–H groups in total. The smallest absolute Gasteiger partial charge is 0.253 e. The Morgan fingerprint density at radius 2 is 1.83 bits per heavy atom. The average Bonchev–Trinajstić information content (AvgIpc) is 3.03. The van der Waals surface area contributed by atoms with E-state index < -0.39 is 10.0 Å². The zero-order valence-corrected chi connectivity index (χ0v) is 18.2. The number of hydrogen-bond donors (Lipinski definition) is 0. The Morgan fingerprint density at radius 1 is 1.10 bits per heavy atom. The lowest BCUT2D eigenvalue weighted by Gasteiger charge is -2.32. The highest BCUT2D eigenvalue weighted by atomic mass is 32.2. The van der Waals surface area contributed by atoms with Crippen molar-refractivity contribution in [1.82, 2.24) is 9.21 Å². The van der Waals surface area contributed by atoms with Crippen molar-refractivity contribution in [2.24, 2.45) is 0 Å². The van der Waals surface area contributed by atoms with Crippen LogP contribution >= 0.6 is 0 Å². The van der Waals surface area contributed by atoms with Crippen LogP contribution in [0.5, 0.6) is 5.75 Å². The molecule has 1 aromatic rings. The van der Waals surface area contributed by atoms with Crippen LogP contribution in [-0.2, 0) is 14.8 Å². The van der Waals surface area contributed by atoms with Crippen LogP contribution in [0, 0.1) is 0 Å². The van der Waals surface area contributed by atoms with Gasteiger partial charge >= 0.3 is 0 Å². The molecule has 2 aliphatic rings. The predicted molar refractivity (Wildman–Crippen MR) is 111 cm³/mol. The summed E-state index contributed by atoms with van der Waals surface area (Å²) in [5, 5.41) is 0. The second-order valence-electron chi connectivity index (χ2n) is 7.65. The molecule has 1 aromatic carbocycles. The summed E-state index contributed by atoms with van der Waals surface area (Å²) in [6.07, 6.45) is 5.64. The van der Waals surface area contributed by atoms with Crippen LogP contribution in [0.3, 0.4) is 0 Å². The van der Waals surface area contributed by atoms with Gasteiger partial charge in [-0.2, -0.15) is 4.31 Å². The van der Waals surface area contributed by atoms with Gasteiger partial charge in [0.05, 0.1) is 13.2 Å². The second kappa shape index (κ2) is 9.91. The van der Waals surface area contributed by atoms with E-state index in [1.165, 1.54) is 17.5 Å². The molecule has 0 spiro atoms. The zero-order chi connectivity index (χ0) is 20.9. The number of rotatable bonds is 6. The third-order valence-electron chi connectivity index (χ3n) is 5.66. The van der Waals surface area contributed by atoms with Gasteiger partial charge in [-0.05, 0) is 50.8 Å². The fourth-order valence-electron chi connectivity index (χ4n) is 4.11. The van der Waals surface area contributed by atoms with Crippen LogP contribution in [0.2, 0.25) is 0 Å². The number of likely N-dealkylation sites (tertiary alicyclic amines) is 1. The maximum Gasteiger partial charge on any atom is 0.253 e. The molecule has 2 saturated heterocycles. The van der Waals surface area contributed by atoms with Crippen molar-refractivity contribution in [3.8, 4) is 5.75 Å². The second-order valence-corrected chi connectivity index (χ2v) is 9.56. The Morgan fingerprint density at radius 3 is 2.48 bits per heavy atom. The molecule has 3 rings (SSSR count). The van der Waals surface area contributed by atoms with Gasteiger partial charge in [0.1, 0.15) is 10.6 Å². The average molecular weight is 425 g/mol. The summed E-state index contributed by atoms with van der Waals surface area (Å²) in [7, 11) is -2.27. The fraction of sp³-hybridized carbons (Fsp3) is 0.667. The lowest BCUT2D eigenvalue weighted by molar-refractivity contribution is 0.00723. The van der Waals surface area contributed by atoms with E-state index in [-0.39, 0.29) is 22.7 Å². The van der Waals surface area contributed by atoms with E-state index in [0.717, 1.165) is 38.5 Å². The Hall–Kier alpha value is -1.64. The molecule has 1 atom stereocenters. The van der Waals surface area contributed by atoms with Gasteiger partial charge in [0.15, 0.2) is 0 Å². The molecule has 2 heterocycles. The van der Waals surface area contributed by atoms with E-state index in [4.69, 9.17) is 9.47 Å². The highest BCUT2D eigenvalue weighted by Gasteiger charge is 2.31. The monoisotopic (exact) mass is 424 g/mol. The zero-order valence-electron chi connectivity index (χ0n) is 17.4. The van der Waals surface area contributed by atoms with Gasteiger partial charge in [0.25, 0.3) is 5.91 Å². The van der Waals surface area contributed by atoms with Gasteiger partial charge < -0.3 is 14.4 Å². The molecular weight excluding hydrogens is 392 g/mol. The van der Waals surface area contributed by atoms with Crippen LogP contribution < -0.4 is 4.74 Å². The minimum absolute atomic E-state index is 0.0382. The van der Waals surface area contributed by atoms with Gasteiger partial charge in [-0.3, -0.25) is 4.79 Å². The number of hydrogen-bond acceptors (Lipinski definition) is 5. The number of carbonyl (C=O) groups excluding carboxylic acids is 1. The normalized spacial score (nSPS) is 21.6. The summed E-state index contributed by atoms with van der Waals surface area (Å²) in [6, 6.07) is 4.71. The molecular formula is C21H32N2O5S. The first kappa shape index (κ1) is 22.1. The molecule has 0 bridgehead atoms. The molecule has 0 saturated carbocycles. The Balaban J connectivity index is 1.87. The van der Waals surface area contributed by atoms with Crippen LogP contribution in [0.1, 0.15) is 55.8 Å². The molecule has 162 valence electrons. The lowest BCUT2D eigenvalue weighted by Crippen LogP contribution is -2.43. The predicted octanol–water partition coefficient (Wildman–Crippen LogP) is 2.90. The number of amides is 1. The van der Waals surface area contributed by atoms with E-state index >= 15 is 0 Å². The lowest BCUT2D eigenvalue weighted by atomic mass is 10.1. The molecule has 7 nitrogen and oxygen atoms in total. The maximum atomic E-state index is 13.3. The van der Waals surface area contributed by atoms with E-state index in [0.29, 0.717) is 38.3 Å². The molecule has 0 aromatic heterocycles.